The van der Waals surface area contributed by atoms with Crippen molar-refractivity contribution in [1.29, 1.82) is 0 Å². The van der Waals surface area contributed by atoms with E-state index in [1.54, 1.807) is 0 Å². The first-order valence-electron chi connectivity index (χ1n) is 5.65. The van der Waals surface area contributed by atoms with Crippen molar-refractivity contribution in [2.75, 3.05) is 14.1 Å². The average molecular weight is 281 g/mol. The molecule has 0 fully saturated rings. The zero-order valence-corrected chi connectivity index (χ0v) is 11.4. The van der Waals surface area contributed by atoms with Crippen molar-refractivity contribution in [1.82, 2.24) is 9.88 Å². The van der Waals surface area contributed by atoms with Crippen LogP contribution in [-0.2, 0) is 0 Å². The fourth-order valence-corrected chi connectivity index (χ4v) is 2.45. The van der Waals surface area contributed by atoms with E-state index < -0.39 is 0 Å². The molecule has 0 bridgehead atoms. The lowest BCUT2D eigenvalue weighted by molar-refractivity contribution is 0.277. The zero-order valence-electron chi connectivity index (χ0n) is 9.78. The molecule has 16 heavy (non-hydrogen) atoms. The van der Waals surface area contributed by atoms with Crippen LogP contribution in [0.15, 0.2) is 28.9 Å². The zero-order chi connectivity index (χ0) is 11.5. The number of nitrogens with zero attached hydrogens (tertiary/aromatic N) is 2. The molecule has 0 aliphatic heterocycles. The van der Waals surface area contributed by atoms with Gasteiger partial charge in [-0.25, -0.2) is 4.98 Å². The third-order valence-electron chi connectivity index (χ3n) is 3.16. The molecular formula is C13H17BrN2. The summed E-state index contributed by atoms with van der Waals surface area (Å²) < 4.78 is 0.917. The normalized spacial score (nSPS) is 21.0. The first-order chi connectivity index (χ1) is 7.66. The van der Waals surface area contributed by atoms with Crippen molar-refractivity contribution >= 4 is 21.5 Å². The highest BCUT2D eigenvalue weighted by Gasteiger charge is 2.17. The van der Waals surface area contributed by atoms with Crippen molar-refractivity contribution in [2.45, 2.75) is 25.3 Å². The van der Waals surface area contributed by atoms with Gasteiger partial charge in [0.25, 0.3) is 0 Å². The Morgan fingerprint density at radius 2 is 2.19 bits per heavy atom. The van der Waals surface area contributed by atoms with Crippen LogP contribution in [0.25, 0.3) is 5.57 Å². The predicted octanol–water partition coefficient (Wildman–Crippen LogP) is 3.34. The Morgan fingerprint density at radius 1 is 1.38 bits per heavy atom. The molecule has 0 saturated carbocycles. The molecule has 0 amide bonds. The first kappa shape index (κ1) is 11.8. The molecular weight excluding hydrogens is 264 g/mol. The fourth-order valence-electron chi connectivity index (χ4n) is 2.11. The van der Waals surface area contributed by atoms with Crippen molar-refractivity contribution in [3.8, 4) is 0 Å². The molecule has 0 saturated heterocycles. The maximum atomic E-state index is 4.50. The minimum Gasteiger partial charge on any atom is -0.306 e. The van der Waals surface area contributed by atoms with Gasteiger partial charge in [-0.3, -0.25) is 0 Å². The molecule has 1 aromatic rings. The van der Waals surface area contributed by atoms with Gasteiger partial charge in [0, 0.05) is 6.04 Å². The lowest BCUT2D eigenvalue weighted by atomic mass is 9.92. The molecule has 0 N–H and O–H groups in total. The topological polar surface area (TPSA) is 16.1 Å². The van der Waals surface area contributed by atoms with Gasteiger partial charge in [0.05, 0.1) is 5.69 Å². The summed E-state index contributed by atoms with van der Waals surface area (Å²) in [5.41, 5.74) is 2.51. The highest BCUT2D eigenvalue weighted by molar-refractivity contribution is 9.10. The highest BCUT2D eigenvalue weighted by atomic mass is 79.9. The van der Waals surface area contributed by atoms with Crippen LogP contribution in [0.3, 0.4) is 0 Å². The quantitative estimate of drug-likeness (QED) is 0.773. The lowest BCUT2D eigenvalue weighted by Crippen LogP contribution is -2.29. The van der Waals surface area contributed by atoms with E-state index in [0.29, 0.717) is 6.04 Å². The summed E-state index contributed by atoms with van der Waals surface area (Å²) in [6, 6.07) is 6.80. The summed E-state index contributed by atoms with van der Waals surface area (Å²) in [5.74, 6) is 0. The van der Waals surface area contributed by atoms with Gasteiger partial charge >= 0.3 is 0 Å². The van der Waals surface area contributed by atoms with Crippen LogP contribution < -0.4 is 0 Å². The van der Waals surface area contributed by atoms with Gasteiger partial charge in [0.1, 0.15) is 4.60 Å². The van der Waals surface area contributed by atoms with Crippen LogP contribution in [0.2, 0.25) is 0 Å². The molecule has 86 valence electrons. The van der Waals surface area contributed by atoms with Gasteiger partial charge in [0.2, 0.25) is 0 Å². The Hall–Kier alpha value is -0.670. The summed E-state index contributed by atoms with van der Waals surface area (Å²) in [5, 5.41) is 0. The molecule has 0 spiro atoms. The Morgan fingerprint density at radius 3 is 2.75 bits per heavy atom. The third-order valence-corrected chi connectivity index (χ3v) is 3.60. The van der Waals surface area contributed by atoms with Gasteiger partial charge in [-0.1, -0.05) is 12.1 Å². The van der Waals surface area contributed by atoms with E-state index >= 15 is 0 Å². The van der Waals surface area contributed by atoms with Crippen LogP contribution >= 0.6 is 15.9 Å². The monoisotopic (exact) mass is 280 g/mol. The van der Waals surface area contributed by atoms with E-state index in [1.807, 2.05) is 12.1 Å². The van der Waals surface area contributed by atoms with E-state index in [0.717, 1.165) is 23.1 Å². The van der Waals surface area contributed by atoms with E-state index in [2.05, 4.69) is 52.1 Å². The van der Waals surface area contributed by atoms with Crippen LogP contribution in [0, 0.1) is 0 Å². The Labute approximate surface area is 106 Å². The van der Waals surface area contributed by atoms with E-state index in [9.17, 15) is 0 Å². The Bertz CT molecular complexity index is 399. The van der Waals surface area contributed by atoms with Crippen LogP contribution in [-0.4, -0.2) is 30.0 Å². The largest absolute Gasteiger partial charge is 0.306 e. The summed E-state index contributed by atoms with van der Waals surface area (Å²) in [6.07, 6.45) is 5.83. The van der Waals surface area contributed by atoms with Gasteiger partial charge < -0.3 is 4.90 Å². The second-order valence-corrected chi connectivity index (χ2v) is 5.28. The number of halogens is 1. The SMILES string of the molecule is CN(C)C1CC=C(c2cccc(Br)n2)CC1. The fraction of sp³-hybridized carbons (Fsp3) is 0.462. The summed E-state index contributed by atoms with van der Waals surface area (Å²) in [4.78, 5) is 6.81. The first-order valence-corrected chi connectivity index (χ1v) is 6.44. The Kier molecular flexibility index (Phi) is 3.77. The Balaban J connectivity index is 2.13. The standard InChI is InChI=1S/C13H17BrN2/c1-16(2)11-8-6-10(7-9-11)12-4-3-5-13(14)15-12/h3-6,11H,7-9H2,1-2H3. The van der Waals surface area contributed by atoms with Gasteiger partial charge in [-0.15, -0.1) is 0 Å². The predicted molar refractivity (Wildman–Crippen MR) is 71.2 cm³/mol. The van der Waals surface area contributed by atoms with Crippen molar-refractivity contribution < 1.29 is 0 Å². The second kappa shape index (κ2) is 5.11. The smallest absolute Gasteiger partial charge is 0.106 e. The summed E-state index contributed by atoms with van der Waals surface area (Å²) in [7, 11) is 4.31. The molecule has 0 aromatic carbocycles. The molecule has 1 atom stereocenters. The number of allylic oxidation sites excluding steroid dienone is 1. The van der Waals surface area contributed by atoms with E-state index in [-0.39, 0.29) is 0 Å². The van der Waals surface area contributed by atoms with E-state index in [4.69, 9.17) is 0 Å². The third kappa shape index (κ3) is 2.71. The molecule has 1 heterocycles. The molecule has 1 unspecified atom stereocenters. The molecule has 2 nitrogen and oxygen atoms in total. The number of hydrogen-bond acceptors (Lipinski definition) is 2. The van der Waals surface area contributed by atoms with Crippen molar-refractivity contribution in [3.63, 3.8) is 0 Å². The minimum atomic E-state index is 0.691. The van der Waals surface area contributed by atoms with Crippen LogP contribution in [0.4, 0.5) is 0 Å². The molecule has 1 aromatic heterocycles. The molecule has 1 aliphatic rings. The molecule has 3 heteroatoms. The lowest BCUT2D eigenvalue weighted by Gasteiger charge is -2.27. The maximum Gasteiger partial charge on any atom is 0.106 e. The number of rotatable bonds is 2. The summed E-state index contributed by atoms with van der Waals surface area (Å²) in [6.45, 7) is 0. The van der Waals surface area contributed by atoms with Crippen LogP contribution in [0.1, 0.15) is 25.0 Å². The summed E-state index contributed by atoms with van der Waals surface area (Å²) >= 11 is 3.42. The van der Waals surface area contributed by atoms with Crippen molar-refractivity contribution in [3.05, 3.63) is 34.6 Å². The van der Waals surface area contributed by atoms with E-state index in [1.165, 1.54) is 12.0 Å². The molecule has 2 rings (SSSR count). The number of pyridine rings is 1. The van der Waals surface area contributed by atoms with Gasteiger partial charge in [-0.05, 0) is 67.0 Å². The van der Waals surface area contributed by atoms with Gasteiger partial charge in [-0.2, -0.15) is 0 Å². The maximum absolute atomic E-state index is 4.50. The van der Waals surface area contributed by atoms with Crippen molar-refractivity contribution in [2.24, 2.45) is 0 Å². The second-order valence-electron chi connectivity index (χ2n) is 4.47. The van der Waals surface area contributed by atoms with Crippen LogP contribution in [0.5, 0.6) is 0 Å². The average Bonchev–Trinajstić information content (AvgIpc) is 2.29. The number of hydrogen-bond donors (Lipinski definition) is 0. The molecule has 0 radical (unpaired) electrons. The highest BCUT2D eigenvalue weighted by Crippen LogP contribution is 2.27. The number of aromatic nitrogens is 1. The minimum absolute atomic E-state index is 0.691. The van der Waals surface area contributed by atoms with Gasteiger partial charge in [0.15, 0.2) is 0 Å². The molecule has 1 aliphatic carbocycles.